The number of carbonyl (C=O) groups is 2. The fraction of sp³-hybridized carbons (Fsp3) is 0.167. The van der Waals surface area contributed by atoms with E-state index in [1.54, 1.807) is 6.07 Å². The first kappa shape index (κ1) is 12.6. The highest BCUT2D eigenvalue weighted by Crippen LogP contribution is 2.13. The fourth-order valence-electron chi connectivity index (χ4n) is 1.11. The zero-order chi connectivity index (χ0) is 12.8. The highest BCUT2D eigenvalue weighted by Gasteiger charge is 2.07. The van der Waals surface area contributed by atoms with Crippen LogP contribution in [0.15, 0.2) is 18.2 Å². The predicted octanol–water partition coefficient (Wildman–Crippen LogP) is 0.882. The SMILES string of the molecule is COC(=O)CC#Cc1ccc(N)c(C(=O)O)c1. The minimum atomic E-state index is -1.11. The van der Waals surface area contributed by atoms with Gasteiger partial charge in [-0.3, -0.25) is 4.79 Å². The van der Waals surface area contributed by atoms with Gasteiger partial charge in [0.05, 0.1) is 12.7 Å². The Bertz CT molecular complexity index is 511. The molecule has 0 bridgehead atoms. The van der Waals surface area contributed by atoms with E-state index in [4.69, 9.17) is 10.8 Å². The van der Waals surface area contributed by atoms with Crippen LogP contribution in [0.5, 0.6) is 0 Å². The molecule has 0 atom stereocenters. The van der Waals surface area contributed by atoms with E-state index in [2.05, 4.69) is 16.6 Å². The first-order valence-corrected chi connectivity index (χ1v) is 4.73. The second kappa shape index (κ2) is 5.56. The largest absolute Gasteiger partial charge is 0.478 e. The number of ether oxygens (including phenoxy) is 1. The van der Waals surface area contributed by atoms with Crippen LogP contribution in [0, 0.1) is 11.8 Å². The monoisotopic (exact) mass is 233 g/mol. The van der Waals surface area contributed by atoms with E-state index in [-0.39, 0.29) is 17.7 Å². The van der Waals surface area contributed by atoms with E-state index in [9.17, 15) is 9.59 Å². The summed E-state index contributed by atoms with van der Waals surface area (Å²) in [4.78, 5) is 21.6. The molecule has 0 aliphatic rings. The van der Waals surface area contributed by atoms with Gasteiger partial charge in [-0.25, -0.2) is 4.79 Å². The molecule has 1 aromatic carbocycles. The molecule has 0 saturated carbocycles. The second-order valence-corrected chi connectivity index (χ2v) is 3.16. The molecule has 1 rings (SSSR count). The number of hydrogen-bond acceptors (Lipinski definition) is 4. The number of nitrogen functional groups attached to an aromatic ring is 1. The molecule has 0 radical (unpaired) electrons. The van der Waals surface area contributed by atoms with Gasteiger partial charge in [0.25, 0.3) is 0 Å². The molecule has 0 unspecified atom stereocenters. The Labute approximate surface area is 98.2 Å². The van der Waals surface area contributed by atoms with Gasteiger partial charge in [0, 0.05) is 11.3 Å². The minimum absolute atomic E-state index is 0.00475. The maximum atomic E-state index is 10.8. The summed E-state index contributed by atoms with van der Waals surface area (Å²) in [5, 5.41) is 8.84. The lowest BCUT2D eigenvalue weighted by Crippen LogP contribution is -2.02. The summed E-state index contributed by atoms with van der Waals surface area (Å²) in [7, 11) is 1.27. The van der Waals surface area contributed by atoms with Gasteiger partial charge in [-0.1, -0.05) is 11.8 Å². The van der Waals surface area contributed by atoms with Crippen LogP contribution in [0.1, 0.15) is 22.3 Å². The van der Waals surface area contributed by atoms with Gasteiger partial charge in [-0.05, 0) is 18.2 Å². The third kappa shape index (κ3) is 3.54. The Morgan fingerprint density at radius 3 is 2.76 bits per heavy atom. The fourth-order valence-corrected chi connectivity index (χ4v) is 1.11. The highest BCUT2D eigenvalue weighted by molar-refractivity contribution is 5.94. The number of carboxylic acids is 1. The van der Waals surface area contributed by atoms with Crippen LogP contribution in [0.3, 0.4) is 0 Å². The molecule has 88 valence electrons. The topological polar surface area (TPSA) is 89.6 Å². The molecule has 0 spiro atoms. The lowest BCUT2D eigenvalue weighted by Gasteiger charge is -2.00. The average molecular weight is 233 g/mol. The van der Waals surface area contributed by atoms with Crippen molar-refractivity contribution in [2.75, 3.05) is 12.8 Å². The van der Waals surface area contributed by atoms with E-state index in [0.29, 0.717) is 5.56 Å². The molecule has 1 aromatic rings. The molecular weight excluding hydrogens is 222 g/mol. The van der Waals surface area contributed by atoms with E-state index < -0.39 is 11.9 Å². The van der Waals surface area contributed by atoms with Gasteiger partial charge >= 0.3 is 11.9 Å². The number of benzene rings is 1. The smallest absolute Gasteiger partial charge is 0.337 e. The van der Waals surface area contributed by atoms with E-state index in [1.807, 2.05) is 0 Å². The molecule has 5 nitrogen and oxygen atoms in total. The van der Waals surface area contributed by atoms with Gasteiger partial charge in [0.15, 0.2) is 0 Å². The first-order valence-electron chi connectivity index (χ1n) is 4.73. The van der Waals surface area contributed by atoms with Gasteiger partial charge in [0.1, 0.15) is 6.42 Å². The van der Waals surface area contributed by atoms with Crippen molar-refractivity contribution in [3.63, 3.8) is 0 Å². The van der Waals surface area contributed by atoms with Crippen molar-refractivity contribution in [3.8, 4) is 11.8 Å². The summed E-state index contributed by atoms with van der Waals surface area (Å²) in [5.41, 5.74) is 6.14. The molecule has 17 heavy (non-hydrogen) atoms. The zero-order valence-electron chi connectivity index (χ0n) is 9.19. The number of hydrogen-bond donors (Lipinski definition) is 2. The van der Waals surface area contributed by atoms with Crippen LogP contribution >= 0.6 is 0 Å². The predicted molar refractivity (Wildman–Crippen MR) is 61.3 cm³/mol. The number of anilines is 1. The van der Waals surface area contributed by atoms with Crippen LogP contribution in [-0.2, 0) is 9.53 Å². The summed E-state index contributed by atoms with van der Waals surface area (Å²) < 4.78 is 4.41. The standard InChI is InChI=1S/C12H11NO4/c1-17-11(14)4-2-3-8-5-6-10(13)9(7-8)12(15)16/h5-7H,4,13H2,1H3,(H,15,16). The summed E-state index contributed by atoms with van der Waals surface area (Å²) in [6.45, 7) is 0. The molecule has 5 heteroatoms. The number of methoxy groups -OCH3 is 1. The van der Waals surface area contributed by atoms with Crippen molar-refractivity contribution >= 4 is 17.6 Å². The molecular formula is C12H11NO4. The molecule has 0 aromatic heterocycles. The quantitative estimate of drug-likeness (QED) is 0.449. The third-order valence-electron chi connectivity index (χ3n) is 1.98. The number of aromatic carboxylic acids is 1. The molecule has 0 saturated heterocycles. The maximum Gasteiger partial charge on any atom is 0.337 e. The van der Waals surface area contributed by atoms with Crippen LogP contribution in [0.2, 0.25) is 0 Å². The van der Waals surface area contributed by atoms with Crippen molar-refractivity contribution in [2.45, 2.75) is 6.42 Å². The molecule has 0 amide bonds. The van der Waals surface area contributed by atoms with Crippen LogP contribution < -0.4 is 5.73 Å². The van der Waals surface area contributed by atoms with Crippen LogP contribution in [-0.4, -0.2) is 24.2 Å². The summed E-state index contributed by atoms with van der Waals surface area (Å²) in [6.07, 6.45) is -0.0384. The lowest BCUT2D eigenvalue weighted by molar-refractivity contribution is -0.139. The minimum Gasteiger partial charge on any atom is -0.478 e. The Morgan fingerprint density at radius 2 is 2.18 bits per heavy atom. The summed E-state index contributed by atoms with van der Waals surface area (Å²) >= 11 is 0. The normalized spacial score (nSPS) is 9.00. The van der Waals surface area contributed by atoms with Crippen molar-refractivity contribution < 1.29 is 19.4 Å². The van der Waals surface area contributed by atoms with E-state index >= 15 is 0 Å². The summed E-state index contributed by atoms with van der Waals surface area (Å²) in [6, 6.07) is 4.42. The van der Waals surface area contributed by atoms with Crippen LogP contribution in [0.25, 0.3) is 0 Å². The van der Waals surface area contributed by atoms with Gasteiger partial charge in [-0.2, -0.15) is 0 Å². The highest BCUT2D eigenvalue weighted by atomic mass is 16.5. The number of nitrogens with two attached hydrogens (primary N) is 1. The Morgan fingerprint density at radius 1 is 1.47 bits per heavy atom. The third-order valence-corrected chi connectivity index (χ3v) is 1.98. The van der Waals surface area contributed by atoms with Gasteiger partial charge < -0.3 is 15.6 Å². The zero-order valence-corrected chi connectivity index (χ0v) is 9.19. The van der Waals surface area contributed by atoms with E-state index in [1.165, 1.54) is 19.2 Å². The van der Waals surface area contributed by atoms with Crippen molar-refractivity contribution in [2.24, 2.45) is 0 Å². The number of esters is 1. The first-order chi connectivity index (χ1) is 8.04. The van der Waals surface area contributed by atoms with Crippen molar-refractivity contribution in [1.29, 1.82) is 0 Å². The Hall–Kier alpha value is -2.48. The van der Waals surface area contributed by atoms with E-state index in [0.717, 1.165) is 0 Å². The van der Waals surface area contributed by atoms with Gasteiger partial charge in [0.2, 0.25) is 0 Å². The maximum absolute atomic E-state index is 10.8. The molecule has 0 heterocycles. The Balaban J connectivity index is 2.89. The molecule has 0 aliphatic heterocycles. The second-order valence-electron chi connectivity index (χ2n) is 3.16. The van der Waals surface area contributed by atoms with Crippen molar-refractivity contribution in [3.05, 3.63) is 29.3 Å². The number of carbonyl (C=O) groups excluding carboxylic acids is 1. The van der Waals surface area contributed by atoms with Crippen LogP contribution in [0.4, 0.5) is 5.69 Å². The summed E-state index contributed by atoms with van der Waals surface area (Å²) in [5.74, 6) is 3.69. The number of carboxylic acid groups (broad SMARTS) is 1. The molecule has 0 aliphatic carbocycles. The molecule has 3 N–H and O–H groups in total. The molecule has 0 fully saturated rings. The number of rotatable bonds is 2. The Kier molecular flexibility index (Phi) is 4.12. The lowest BCUT2D eigenvalue weighted by atomic mass is 10.1. The van der Waals surface area contributed by atoms with Gasteiger partial charge in [-0.15, -0.1) is 0 Å². The average Bonchev–Trinajstić information content (AvgIpc) is 2.30. The van der Waals surface area contributed by atoms with Crippen molar-refractivity contribution in [1.82, 2.24) is 0 Å².